The lowest BCUT2D eigenvalue weighted by Crippen LogP contribution is -2.18. The van der Waals surface area contributed by atoms with E-state index >= 15 is 0 Å². The molecule has 0 amide bonds. The number of fused-ring (bicyclic) bond motifs is 1. The van der Waals surface area contributed by atoms with Crippen LogP contribution in [-0.4, -0.2) is 5.78 Å². The number of ketones is 1. The van der Waals surface area contributed by atoms with Gasteiger partial charge in [0.05, 0.1) is 0 Å². The van der Waals surface area contributed by atoms with E-state index in [2.05, 4.69) is 44.7 Å². The minimum atomic E-state index is 0.0778. The maximum atomic E-state index is 12.7. The summed E-state index contributed by atoms with van der Waals surface area (Å²) in [6.07, 6.45) is 7.80. The highest BCUT2D eigenvalue weighted by Gasteiger charge is 2.25. The molecule has 1 heteroatoms. The Morgan fingerprint density at radius 1 is 1.14 bits per heavy atom. The van der Waals surface area contributed by atoms with E-state index in [9.17, 15) is 4.79 Å². The Labute approximate surface area is 128 Å². The Bertz CT molecular complexity index is 551. The lowest BCUT2D eigenvalue weighted by Gasteiger charge is -2.23. The third kappa shape index (κ3) is 3.93. The van der Waals surface area contributed by atoms with Gasteiger partial charge >= 0.3 is 0 Å². The summed E-state index contributed by atoms with van der Waals surface area (Å²) in [7, 11) is 0. The van der Waals surface area contributed by atoms with Crippen molar-refractivity contribution >= 4 is 5.78 Å². The molecule has 0 N–H and O–H groups in total. The highest BCUT2D eigenvalue weighted by atomic mass is 16.1. The maximum Gasteiger partial charge on any atom is 0.144 e. The van der Waals surface area contributed by atoms with Crippen LogP contribution in [0.5, 0.6) is 0 Å². The van der Waals surface area contributed by atoms with Crippen LogP contribution < -0.4 is 0 Å². The van der Waals surface area contributed by atoms with Crippen molar-refractivity contribution in [2.45, 2.75) is 58.3 Å². The van der Waals surface area contributed by atoms with Gasteiger partial charge in [-0.2, -0.15) is 0 Å². The molecule has 1 aliphatic rings. The first-order chi connectivity index (χ1) is 10.1. The van der Waals surface area contributed by atoms with Crippen LogP contribution in [0.3, 0.4) is 0 Å². The van der Waals surface area contributed by atoms with E-state index in [0.29, 0.717) is 12.2 Å². The van der Waals surface area contributed by atoms with Crippen molar-refractivity contribution in [3.63, 3.8) is 0 Å². The summed E-state index contributed by atoms with van der Waals surface area (Å²) in [5, 5.41) is 0. The van der Waals surface area contributed by atoms with Gasteiger partial charge in [-0.3, -0.25) is 4.79 Å². The molecule has 0 aromatic heterocycles. The lowest BCUT2D eigenvalue weighted by atomic mass is 9.80. The van der Waals surface area contributed by atoms with Crippen molar-refractivity contribution in [2.24, 2.45) is 0 Å². The molecule has 1 nitrogen and oxygen atoms in total. The Hall–Kier alpha value is -1.63. The van der Waals surface area contributed by atoms with Gasteiger partial charge in [-0.05, 0) is 50.7 Å². The van der Waals surface area contributed by atoms with E-state index < -0.39 is 0 Å². The topological polar surface area (TPSA) is 17.1 Å². The van der Waals surface area contributed by atoms with Crippen LogP contribution in [0.2, 0.25) is 0 Å². The molecule has 2 rings (SSSR count). The van der Waals surface area contributed by atoms with Crippen LogP contribution in [0.4, 0.5) is 0 Å². The zero-order valence-electron chi connectivity index (χ0n) is 13.3. The van der Waals surface area contributed by atoms with Crippen molar-refractivity contribution in [3.8, 4) is 0 Å². The number of hydrogen-bond acceptors (Lipinski definition) is 1. The molecular weight excluding hydrogens is 256 g/mol. The van der Waals surface area contributed by atoms with Gasteiger partial charge < -0.3 is 0 Å². The number of benzene rings is 1. The van der Waals surface area contributed by atoms with Crippen molar-refractivity contribution in [2.75, 3.05) is 0 Å². The Balaban J connectivity index is 2.26. The van der Waals surface area contributed by atoms with Gasteiger partial charge in [-0.25, -0.2) is 0 Å². The minimum Gasteiger partial charge on any atom is -0.299 e. The Morgan fingerprint density at radius 2 is 1.86 bits per heavy atom. The quantitative estimate of drug-likeness (QED) is 0.524. The van der Waals surface area contributed by atoms with E-state index in [1.807, 2.05) is 6.08 Å². The monoisotopic (exact) mass is 282 g/mol. The van der Waals surface area contributed by atoms with E-state index in [0.717, 1.165) is 32.1 Å². The van der Waals surface area contributed by atoms with Crippen molar-refractivity contribution in [1.82, 2.24) is 0 Å². The molecule has 0 heterocycles. The number of Topliss-reactive ketones (excluding diaryl/α,β-unsaturated/α-hetero) is 1. The molecule has 112 valence electrons. The first-order valence-electron chi connectivity index (χ1n) is 8.00. The molecule has 1 aromatic rings. The third-order valence-electron chi connectivity index (χ3n) is 4.59. The number of rotatable bonds is 5. The molecular formula is C20H26O. The molecule has 1 unspecified atom stereocenters. The summed E-state index contributed by atoms with van der Waals surface area (Å²) in [5.74, 6) is 0.465. The van der Waals surface area contributed by atoms with Gasteiger partial charge in [-0.15, -0.1) is 6.58 Å². The molecule has 0 bridgehead atoms. The fourth-order valence-corrected chi connectivity index (χ4v) is 3.13. The molecule has 1 aliphatic carbocycles. The number of carbonyl (C=O) groups excluding carboxylic acids is 1. The third-order valence-corrected chi connectivity index (χ3v) is 4.59. The number of allylic oxidation sites excluding steroid dienone is 3. The predicted molar refractivity (Wildman–Crippen MR) is 89.6 cm³/mol. The summed E-state index contributed by atoms with van der Waals surface area (Å²) in [6, 6.07) is 8.49. The van der Waals surface area contributed by atoms with Crippen LogP contribution in [-0.2, 0) is 11.2 Å². The van der Waals surface area contributed by atoms with E-state index in [4.69, 9.17) is 0 Å². The summed E-state index contributed by atoms with van der Waals surface area (Å²) in [6.45, 7) is 8.03. The van der Waals surface area contributed by atoms with Crippen LogP contribution in [0.25, 0.3) is 0 Å². The highest BCUT2D eigenvalue weighted by molar-refractivity contribution is 5.88. The van der Waals surface area contributed by atoms with E-state index in [1.54, 1.807) is 0 Å². The second-order valence-electron chi connectivity index (χ2n) is 6.21. The first-order valence-corrected chi connectivity index (χ1v) is 8.00. The Morgan fingerprint density at radius 3 is 2.62 bits per heavy atom. The number of hydrogen-bond donors (Lipinski definition) is 0. The SMILES string of the molecule is C=CCCCCC1C(=O)C/C(C)=C(/C)Cc2ccccc21. The average Bonchev–Trinajstić information content (AvgIpc) is 2.47. The lowest BCUT2D eigenvalue weighted by molar-refractivity contribution is -0.120. The van der Waals surface area contributed by atoms with Crippen LogP contribution in [0, 0.1) is 0 Å². The highest BCUT2D eigenvalue weighted by Crippen LogP contribution is 2.33. The van der Waals surface area contributed by atoms with E-state index in [-0.39, 0.29) is 5.92 Å². The van der Waals surface area contributed by atoms with Crippen molar-refractivity contribution in [1.29, 1.82) is 0 Å². The zero-order valence-corrected chi connectivity index (χ0v) is 13.3. The number of carbonyl (C=O) groups is 1. The molecule has 1 aromatic carbocycles. The maximum absolute atomic E-state index is 12.7. The molecule has 1 atom stereocenters. The molecule has 0 saturated carbocycles. The molecule has 0 saturated heterocycles. The standard InChI is InChI=1S/C20H26O/c1-4-5-6-7-12-19-18-11-9-8-10-17(18)13-15(2)16(3)14-20(19)21/h4,8-11,19H,1,5-7,12-14H2,2-3H3/b16-15-. The summed E-state index contributed by atoms with van der Waals surface area (Å²) < 4.78 is 0. The molecule has 0 spiro atoms. The largest absolute Gasteiger partial charge is 0.299 e. The van der Waals surface area contributed by atoms with Gasteiger partial charge in [0, 0.05) is 12.3 Å². The zero-order chi connectivity index (χ0) is 15.2. The van der Waals surface area contributed by atoms with Crippen molar-refractivity contribution < 1.29 is 4.79 Å². The van der Waals surface area contributed by atoms with Crippen LogP contribution in [0.1, 0.15) is 63.0 Å². The molecule has 0 radical (unpaired) electrons. The summed E-state index contributed by atoms with van der Waals surface area (Å²) >= 11 is 0. The Kier molecular flexibility index (Phi) is 5.55. The van der Waals surface area contributed by atoms with Gasteiger partial charge in [0.15, 0.2) is 0 Å². The molecule has 0 aliphatic heterocycles. The molecule has 21 heavy (non-hydrogen) atoms. The smallest absolute Gasteiger partial charge is 0.144 e. The fraction of sp³-hybridized carbons (Fsp3) is 0.450. The average molecular weight is 282 g/mol. The molecule has 0 fully saturated rings. The fourth-order valence-electron chi connectivity index (χ4n) is 3.13. The van der Waals surface area contributed by atoms with Gasteiger partial charge in [0.25, 0.3) is 0 Å². The van der Waals surface area contributed by atoms with Crippen LogP contribution >= 0.6 is 0 Å². The van der Waals surface area contributed by atoms with E-state index in [1.165, 1.54) is 22.3 Å². The van der Waals surface area contributed by atoms with Gasteiger partial charge in [0.2, 0.25) is 0 Å². The summed E-state index contributed by atoms with van der Waals surface area (Å²) in [5.41, 5.74) is 5.19. The normalized spacial score (nSPS) is 22.4. The van der Waals surface area contributed by atoms with Gasteiger partial charge in [-0.1, -0.05) is 47.9 Å². The minimum absolute atomic E-state index is 0.0778. The second kappa shape index (κ2) is 7.40. The number of unbranched alkanes of at least 4 members (excludes halogenated alkanes) is 2. The second-order valence-corrected chi connectivity index (χ2v) is 6.21. The summed E-state index contributed by atoms with van der Waals surface area (Å²) in [4.78, 5) is 12.7. The van der Waals surface area contributed by atoms with Crippen molar-refractivity contribution in [3.05, 3.63) is 59.2 Å². The van der Waals surface area contributed by atoms with Crippen LogP contribution in [0.15, 0.2) is 48.1 Å². The first kappa shape index (κ1) is 15.8. The predicted octanol–water partition coefficient (Wildman–Crippen LogP) is 5.37. The van der Waals surface area contributed by atoms with Gasteiger partial charge in [0.1, 0.15) is 5.78 Å².